The highest BCUT2D eigenvalue weighted by Gasteiger charge is 2.51. The van der Waals surface area contributed by atoms with Crippen molar-refractivity contribution in [3.05, 3.63) is 60.8 Å². The van der Waals surface area contributed by atoms with Crippen molar-refractivity contribution in [3.63, 3.8) is 0 Å². The van der Waals surface area contributed by atoms with Gasteiger partial charge in [-0.25, -0.2) is 0 Å². The first kappa shape index (κ1) is 80.8. The molecule has 2 saturated heterocycles. The Kier molecular flexibility index (Phi) is 53.5. The summed E-state index contributed by atoms with van der Waals surface area (Å²) in [6.45, 7) is 2.81. The number of hydrogen-bond acceptors (Lipinski definition) is 13. The molecule has 87 heavy (non-hydrogen) atoms. The third kappa shape index (κ3) is 41.7. The van der Waals surface area contributed by atoms with Gasteiger partial charge in [-0.1, -0.05) is 286 Å². The van der Waals surface area contributed by atoms with Gasteiger partial charge in [0.15, 0.2) is 12.6 Å². The van der Waals surface area contributed by atoms with Crippen LogP contribution in [-0.4, -0.2) is 140 Å². The van der Waals surface area contributed by atoms with E-state index >= 15 is 0 Å². The van der Waals surface area contributed by atoms with Crippen molar-refractivity contribution in [2.45, 2.75) is 376 Å². The molecule has 1 amide bonds. The summed E-state index contributed by atoms with van der Waals surface area (Å²) in [6, 6.07) is -0.935. The van der Waals surface area contributed by atoms with E-state index in [0.717, 1.165) is 44.9 Å². The van der Waals surface area contributed by atoms with Crippen molar-refractivity contribution in [1.29, 1.82) is 0 Å². The van der Waals surface area contributed by atoms with E-state index in [1.807, 2.05) is 6.08 Å². The molecule has 12 atom stereocenters. The summed E-state index contributed by atoms with van der Waals surface area (Å²) in [4.78, 5) is 13.3. The second kappa shape index (κ2) is 57.6. The molecule has 0 spiro atoms. The van der Waals surface area contributed by atoms with Crippen LogP contribution in [0, 0.1) is 0 Å². The van der Waals surface area contributed by atoms with E-state index in [2.05, 4.69) is 67.8 Å². The molecule has 14 nitrogen and oxygen atoms in total. The fourth-order valence-corrected chi connectivity index (χ4v) is 11.7. The van der Waals surface area contributed by atoms with E-state index in [4.69, 9.17) is 18.9 Å². The fourth-order valence-electron chi connectivity index (χ4n) is 11.7. The molecule has 9 N–H and O–H groups in total. The van der Waals surface area contributed by atoms with Crippen molar-refractivity contribution in [2.24, 2.45) is 0 Å². The van der Waals surface area contributed by atoms with Crippen LogP contribution in [0.4, 0.5) is 0 Å². The van der Waals surface area contributed by atoms with Crippen molar-refractivity contribution in [2.75, 3.05) is 19.8 Å². The Labute approximate surface area is 530 Å². The van der Waals surface area contributed by atoms with Crippen LogP contribution in [0.2, 0.25) is 0 Å². The Hall–Kier alpha value is -2.31. The van der Waals surface area contributed by atoms with Crippen LogP contribution in [0.15, 0.2) is 60.8 Å². The Morgan fingerprint density at radius 1 is 0.414 bits per heavy atom. The van der Waals surface area contributed by atoms with Gasteiger partial charge in [-0.3, -0.25) is 4.79 Å². The SMILES string of the molecule is CCCCCCC/C=C\C/C=C\C/C=C\CCCCCCCCCCCCCCCCC(=O)NC(COC1OC(CO)C(OC2OC(CO)C(O)C(O)C2O)C(O)C1O)C(O)/C=C/CC/C=C/CCCCCCCCCCCCCCCCCCCC. The molecule has 14 heteroatoms. The largest absolute Gasteiger partial charge is 0.394 e. The minimum absolute atomic E-state index is 0.248. The second-order valence-electron chi connectivity index (χ2n) is 25.4. The van der Waals surface area contributed by atoms with Gasteiger partial charge < -0.3 is 65.1 Å². The Morgan fingerprint density at radius 3 is 1.21 bits per heavy atom. The van der Waals surface area contributed by atoms with Crippen LogP contribution in [-0.2, 0) is 23.7 Å². The number of allylic oxidation sites excluding steroid dienone is 9. The van der Waals surface area contributed by atoms with E-state index in [0.29, 0.717) is 12.8 Å². The van der Waals surface area contributed by atoms with Crippen molar-refractivity contribution >= 4 is 5.91 Å². The number of carbonyl (C=O) groups is 1. The number of amides is 1. The standard InChI is InChI=1S/C73H133NO13/c1-3-5-7-9-11-13-15-17-19-21-23-25-27-29-30-31-32-33-35-37-39-41-43-45-47-49-51-53-55-57-65(78)74-61(60-84-72-70(83)68(81)71(64(59-76)86-72)87-73-69(82)67(80)66(79)63(58-75)85-73)62(77)56-54-52-50-48-46-44-42-40-38-36-34-28-26-24-22-20-18-16-14-12-10-8-6-4-2/h15,17,21,23,27,29,46,48,54,56,61-64,66-73,75-77,79-83H,3-14,16,18-20,22,24-26,28,30-45,47,49-53,55,57-60H2,1-2H3,(H,74,78)/b17-15-,23-21-,29-27-,48-46+,56-54+. The lowest BCUT2D eigenvalue weighted by Gasteiger charge is -2.46. The molecule has 2 heterocycles. The van der Waals surface area contributed by atoms with Gasteiger partial charge in [0.05, 0.1) is 32.0 Å². The average molecular weight is 1230 g/mol. The normalized spacial score (nSPS) is 23.6. The topological polar surface area (TPSA) is 228 Å². The number of carbonyl (C=O) groups excluding carboxylic acids is 1. The summed E-state index contributed by atoms with van der Waals surface area (Å²) in [5.41, 5.74) is 0. The van der Waals surface area contributed by atoms with E-state index in [1.54, 1.807) is 6.08 Å². The average Bonchev–Trinajstić information content (AvgIpc) is 1.55. The van der Waals surface area contributed by atoms with Gasteiger partial charge in [-0.05, 0) is 70.6 Å². The lowest BCUT2D eigenvalue weighted by atomic mass is 9.97. The summed E-state index contributed by atoms with van der Waals surface area (Å²) >= 11 is 0. The number of aliphatic hydroxyl groups excluding tert-OH is 8. The van der Waals surface area contributed by atoms with Crippen molar-refractivity contribution in [3.8, 4) is 0 Å². The third-order valence-electron chi connectivity index (χ3n) is 17.4. The first-order chi connectivity index (χ1) is 42.6. The molecular formula is C73H133NO13. The molecule has 12 unspecified atom stereocenters. The monoisotopic (exact) mass is 1230 g/mol. The third-order valence-corrected chi connectivity index (χ3v) is 17.4. The maximum Gasteiger partial charge on any atom is 0.220 e. The van der Waals surface area contributed by atoms with Gasteiger partial charge in [-0.2, -0.15) is 0 Å². The summed E-state index contributed by atoms with van der Waals surface area (Å²) in [7, 11) is 0. The predicted molar refractivity (Wildman–Crippen MR) is 355 cm³/mol. The van der Waals surface area contributed by atoms with Crippen LogP contribution < -0.4 is 5.32 Å². The highest BCUT2D eigenvalue weighted by Crippen LogP contribution is 2.30. The number of aliphatic hydroxyl groups is 8. The first-order valence-electron chi connectivity index (χ1n) is 36.0. The Balaban J connectivity index is 1.69. The Bertz CT molecular complexity index is 1690. The predicted octanol–water partition coefficient (Wildman–Crippen LogP) is 14.8. The molecule has 0 aromatic heterocycles. The van der Waals surface area contributed by atoms with Gasteiger partial charge in [0.2, 0.25) is 5.91 Å². The van der Waals surface area contributed by atoms with Gasteiger partial charge in [0.1, 0.15) is 48.8 Å². The van der Waals surface area contributed by atoms with Crippen LogP contribution in [0.1, 0.15) is 303 Å². The fraction of sp³-hybridized carbons (Fsp3) is 0.849. The highest BCUT2D eigenvalue weighted by molar-refractivity contribution is 5.76. The molecule has 0 aliphatic carbocycles. The zero-order valence-electron chi connectivity index (χ0n) is 55.3. The molecule has 0 saturated carbocycles. The van der Waals surface area contributed by atoms with E-state index in [-0.39, 0.29) is 18.9 Å². The molecule has 2 aliphatic heterocycles. The summed E-state index contributed by atoms with van der Waals surface area (Å²) in [5, 5.41) is 87.5. The van der Waals surface area contributed by atoms with Gasteiger partial charge in [-0.15, -0.1) is 0 Å². The number of rotatable bonds is 59. The van der Waals surface area contributed by atoms with Crippen LogP contribution in [0.5, 0.6) is 0 Å². The minimum Gasteiger partial charge on any atom is -0.394 e. The van der Waals surface area contributed by atoms with Gasteiger partial charge in [0.25, 0.3) is 0 Å². The molecule has 2 aliphatic rings. The van der Waals surface area contributed by atoms with E-state index in [1.165, 1.54) is 225 Å². The number of hydrogen-bond donors (Lipinski definition) is 9. The summed E-state index contributed by atoms with van der Waals surface area (Å²) in [6.07, 6.45) is 59.9. The molecule has 2 fully saturated rings. The molecule has 0 radical (unpaired) electrons. The molecule has 0 bridgehead atoms. The van der Waals surface area contributed by atoms with Crippen LogP contribution in [0.3, 0.4) is 0 Å². The van der Waals surface area contributed by atoms with Gasteiger partial charge in [0, 0.05) is 6.42 Å². The minimum atomic E-state index is -1.79. The molecule has 0 aromatic rings. The quantitative estimate of drug-likeness (QED) is 0.0204. The number of unbranched alkanes of at least 4 members (excludes halogenated alkanes) is 38. The van der Waals surface area contributed by atoms with Crippen LogP contribution >= 0.6 is 0 Å². The molecular weight excluding hydrogens is 1100 g/mol. The lowest BCUT2D eigenvalue weighted by Crippen LogP contribution is -2.65. The van der Waals surface area contributed by atoms with E-state index in [9.17, 15) is 45.6 Å². The van der Waals surface area contributed by atoms with Crippen molar-refractivity contribution in [1.82, 2.24) is 5.32 Å². The smallest absolute Gasteiger partial charge is 0.220 e. The number of ether oxygens (including phenoxy) is 4. The molecule has 2 rings (SSSR count). The highest BCUT2D eigenvalue weighted by atomic mass is 16.7. The second-order valence-corrected chi connectivity index (χ2v) is 25.4. The van der Waals surface area contributed by atoms with Crippen LogP contribution in [0.25, 0.3) is 0 Å². The maximum atomic E-state index is 13.3. The number of nitrogens with one attached hydrogen (secondary N) is 1. The zero-order valence-corrected chi connectivity index (χ0v) is 55.3. The maximum absolute atomic E-state index is 13.3. The van der Waals surface area contributed by atoms with E-state index < -0.39 is 86.8 Å². The van der Waals surface area contributed by atoms with Crippen molar-refractivity contribution < 1.29 is 64.6 Å². The molecule has 508 valence electrons. The summed E-state index contributed by atoms with van der Waals surface area (Å²) < 4.78 is 22.9. The first-order valence-corrected chi connectivity index (χ1v) is 36.0. The zero-order chi connectivity index (χ0) is 63.1. The summed E-state index contributed by atoms with van der Waals surface area (Å²) in [5.74, 6) is -0.248. The van der Waals surface area contributed by atoms with Gasteiger partial charge >= 0.3 is 0 Å². The Morgan fingerprint density at radius 2 is 0.770 bits per heavy atom. The lowest BCUT2D eigenvalue weighted by molar-refractivity contribution is -0.359. The molecule has 0 aromatic carbocycles.